The highest BCUT2D eigenvalue weighted by Gasteiger charge is 2.05. The van der Waals surface area contributed by atoms with Gasteiger partial charge in [-0.15, -0.1) is 0 Å². The lowest BCUT2D eigenvalue weighted by atomic mass is 10.2. The first-order chi connectivity index (χ1) is 9.42. The Labute approximate surface area is 115 Å². The summed E-state index contributed by atoms with van der Waals surface area (Å²) in [7, 11) is 0. The van der Waals surface area contributed by atoms with Crippen LogP contribution in [0.2, 0.25) is 0 Å². The van der Waals surface area contributed by atoms with Crippen molar-refractivity contribution in [2.24, 2.45) is 0 Å². The number of thioether (sulfide) groups is 1. The van der Waals surface area contributed by atoms with E-state index in [4.69, 9.17) is 0 Å². The molecule has 19 heavy (non-hydrogen) atoms. The fraction of sp³-hybridized carbons (Fsp3) is 0.143. The fourth-order valence-electron chi connectivity index (χ4n) is 1.87. The molecule has 1 aromatic carbocycles. The van der Waals surface area contributed by atoms with E-state index in [-0.39, 0.29) is 0 Å². The molecule has 0 aliphatic rings. The van der Waals surface area contributed by atoms with Crippen molar-refractivity contribution in [2.75, 3.05) is 0 Å². The lowest BCUT2D eigenvalue weighted by Crippen LogP contribution is -2.03. The second-order valence-corrected chi connectivity index (χ2v) is 5.10. The minimum absolute atomic E-state index is 0.813. The van der Waals surface area contributed by atoms with E-state index in [0.717, 1.165) is 23.3 Å². The number of nitrogens with zero attached hydrogens (tertiary/aromatic N) is 3. The van der Waals surface area contributed by atoms with Gasteiger partial charge in [-0.25, -0.2) is 9.97 Å². The monoisotopic (exact) mass is 270 g/mol. The van der Waals surface area contributed by atoms with Crippen LogP contribution >= 0.6 is 11.8 Å². The summed E-state index contributed by atoms with van der Waals surface area (Å²) < 4.78 is 2.17. The highest BCUT2D eigenvalue weighted by atomic mass is 32.2. The molecule has 2 heterocycles. The number of benzene rings is 1. The quantitative estimate of drug-likeness (QED) is 0.725. The van der Waals surface area contributed by atoms with Crippen molar-refractivity contribution in [1.29, 1.82) is 0 Å². The van der Waals surface area contributed by atoms with Crippen LogP contribution in [0.15, 0.2) is 60.3 Å². The fourth-order valence-corrected chi connectivity index (χ4v) is 2.66. The zero-order chi connectivity index (χ0) is 12.9. The Kier molecular flexibility index (Phi) is 3.65. The lowest BCUT2D eigenvalue weighted by Gasteiger charge is -2.07. The number of imidazole rings is 2. The van der Waals surface area contributed by atoms with E-state index in [2.05, 4.69) is 43.8 Å². The van der Waals surface area contributed by atoms with Gasteiger partial charge in [-0.3, -0.25) is 0 Å². The third-order valence-corrected chi connectivity index (χ3v) is 3.71. The molecule has 0 unspecified atom stereocenters. The third kappa shape index (κ3) is 3.06. The summed E-state index contributed by atoms with van der Waals surface area (Å²) in [5.41, 5.74) is 1.28. The Morgan fingerprint density at radius 3 is 2.79 bits per heavy atom. The van der Waals surface area contributed by atoms with E-state index >= 15 is 0 Å². The highest BCUT2D eigenvalue weighted by molar-refractivity contribution is 7.98. The maximum Gasteiger partial charge on any atom is 0.165 e. The highest BCUT2D eigenvalue weighted by Crippen LogP contribution is 2.18. The van der Waals surface area contributed by atoms with Gasteiger partial charge in [0, 0.05) is 31.3 Å². The van der Waals surface area contributed by atoms with Crippen LogP contribution in [0, 0.1) is 0 Å². The molecule has 3 aromatic rings. The maximum atomic E-state index is 4.41. The van der Waals surface area contributed by atoms with Gasteiger partial charge in [0.15, 0.2) is 5.16 Å². The number of rotatable bonds is 5. The predicted molar refractivity (Wildman–Crippen MR) is 75.9 cm³/mol. The molecule has 0 radical (unpaired) electrons. The summed E-state index contributed by atoms with van der Waals surface area (Å²) in [5, 5.41) is 0.925. The third-order valence-electron chi connectivity index (χ3n) is 2.81. The summed E-state index contributed by atoms with van der Waals surface area (Å²) in [6, 6.07) is 10.4. The molecule has 0 aliphatic carbocycles. The molecule has 5 heteroatoms. The van der Waals surface area contributed by atoms with Crippen molar-refractivity contribution >= 4 is 11.8 Å². The summed E-state index contributed by atoms with van der Waals surface area (Å²) in [6.07, 6.45) is 7.46. The van der Waals surface area contributed by atoms with Crippen molar-refractivity contribution in [2.45, 2.75) is 17.5 Å². The van der Waals surface area contributed by atoms with Gasteiger partial charge in [0.2, 0.25) is 0 Å². The van der Waals surface area contributed by atoms with E-state index in [1.54, 1.807) is 18.0 Å². The van der Waals surface area contributed by atoms with Crippen LogP contribution in [-0.4, -0.2) is 19.5 Å². The topological polar surface area (TPSA) is 46.5 Å². The van der Waals surface area contributed by atoms with Gasteiger partial charge in [-0.1, -0.05) is 42.1 Å². The van der Waals surface area contributed by atoms with E-state index in [9.17, 15) is 0 Å². The SMILES string of the molecule is c1ccc(Cn2ccnc2CSc2ncc[nH]2)cc1. The smallest absolute Gasteiger partial charge is 0.165 e. The van der Waals surface area contributed by atoms with Gasteiger partial charge in [0.05, 0.1) is 5.75 Å². The number of H-pyrrole nitrogens is 1. The van der Waals surface area contributed by atoms with Gasteiger partial charge >= 0.3 is 0 Å². The average molecular weight is 270 g/mol. The van der Waals surface area contributed by atoms with Crippen LogP contribution in [0.25, 0.3) is 0 Å². The van der Waals surface area contributed by atoms with Crippen LogP contribution in [0.3, 0.4) is 0 Å². The molecule has 1 N–H and O–H groups in total. The summed E-state index contributed by atoms with van der Waals surface area (Å²) in [6.45, 7) is 0.856. The second kappa shape index (κ2) is 5.75. The molecule has 0 saturated carbocycles. The van der Waals surface area contributed by atoms with Crippen molar-refractivity contribution < 1.29 is 0 Å². The minimum Gasteiger partial charge on any atom is -0.340 e. The van der Waals surface area contributed by atoms with Crippen molar-refractivity contribution in [3.63, 3.8) is 0 Å². The molecule has 0 fully saturated rings. The van der Waals surface area contributed by atoms with E-state index in [1.165, 1.54) is 5.56 Å². The molecular weight excluding hydrogens is 256 g/mol. The predicted octanol–water partition coefficient (Wildman–Crippen LogP) is 2.95. The molecule has 96 valence electrons. The Morgan fingerprint density at radius 1 is 1.11 bits per heavy atom. The van der Waals surface area contributed by atoms with Gasteiger partial charge in [0.25, 0.3) is 0 Å². The number of hydrogen-bond acceptors (Lipinski definition) is 3. The number of hydrogen-bond donors (Lipinski definition) is 1. The maximum absolute atomic E-state index is 4.41. The average Bonchev–Trinajstić information content (AvgIpc) is 3.09. The van der Waals surface area contributed by atoms with Gasteiger partial charge in [0.1, 0.15) is 5.82 Å². The number of nitrogens with one attached hydrogen (secondary N) is 1. The minimum atomic E-state index is 0.813. The first kappa shape index (κ1) is 12.0. The van der Waals surface area contributed by atoms with Crippen molar-refractivity contribution in [1.82, 2.24) is 19.5 Å². The van der Waals surface area contributed by atoms with Crippen LogP contribution in [-0.2, 0) is 12.3 Å². The Bertz CT molecular complexity index is 616. The van der Waals surface area contributed by atoms with Gasteiger partial charge in [-0.2, -0.15) is 0 Å². The molecule has 0 amide bonds. The number of aromatic nitrogens is 4. The second-order valence-electron chi connectivity index (χ2n) is 4.14. The lowest BCUT2D eigenvalue weighted by molar-refractivity contribution is 0.756. The Morgan fingerprint density at radius 2 is 2.00 bits per heavy atom. The van der Waals surface area contributed by atoms with Gasteiger partial charge in [-0.05, 0) is 5.56 Å². The molecule has 4 nitrogen and oxygen atoms in total. The molecule has 0 aliphatic heterocycles. The normalized spacial score (nSPS) is 10.7. The van der Waals surface area contributed by atoms with Gasteiger partial charge < -0.3 is 9.55 Å². The molecule has 0 spiro atoms. The first-order valence-electron chi connectivity index (χ1n) is 6.08. The Balaban J connectivity index is 1.68. The standard InChI is InChI=1S/C14H14N4S/c1-2-4-12(5-3-1)10-18-9-8-15-13(18)11-19-14-16-6-7-17-14/h1-9H,10-11H2,(H,16,17). The van der Waals surface area contributed by atoms with E-state index < -0.39 is 0 Å². The molecular formula is C14H14N4S. The number of aromatic amines is 1. The Hall–Kier alpha value is -2.01. The van der Waals surface area contributed by atoms with Crippen molar-refractivity contribution in [3.05, 3.63) is 66.5 Å². The molecule has 0 atom stereocenters. The van der Waals surface area contributed by atoms with E-state index in [1.807, 2.05) is 24.7 Å². The van der Waals surface area contributed by atoms with Crippen LogP contribution in [0.4, 0.5) is 0 Å². The zero-order valence-corrected chi connectivity index (χ0v) is 11.2. The van der Waals surface area contributed by atoms with E-state index in [0.29, 0.717) is 0 Å². The van der Waals surface area contributed by atoms with Crippen LogP contribution < -0.4 is 0 Å². The molecule has 0 saturated heterocycles. The van der Waals surface area contributed by atoms with Crippen molar-refractivity contribution in [3.8, 4) is 0 Å². The molecule has 3 rings (SSSR count). The molecule has 2 aromatic heterocycles. The first-order valence-corrected chi connectivity index (χ1v) is 7.06. The van der Waals surface area contributed by atoms with Crippen LogP contribution in [0.1, 0.15) is 11.4 Å². The van der Waals surface area contributed by atoms with Crippen LogP contribution in [0.5, 0.6) is 0 Å². The summed E-state index contributed by atoms with van der Waals surface area (Å²) in [4.78, 5) is 11.7. The molecule has 0 bridgehead atoms. The summed E-state index contributed by atoms with van der Waals surface area (Å²) >= 11 is 1.66. The summed E-state index contributed by atoms with van der Waals surface area (Å²) in [5.74, 6) is 1.87. The zero-order valence-electron chi connectivity index (χ0n) is 10.4. The largest absolute Gasteiger partial charge is 0.340 e.